The third-order valence-corrected chi connectivity index (χ3v) is 4.18. The zero-order chi connectivity index (χ0) is 17.1. The fourth-order valence-corrected chi connectivity index (χ4v) is 2.78. The largest absolute Gasteiger partial charge is 0.870 e. The number of quaternary nitrogens is 1. The molecule has 23 heavy (non-hydrogen) atoms. The Bertz CT molecular complexity index is 191. The summed E-state index contributed by atoms with van der Waals surface area (Å²) in [4.78, 5) is 0. The summed E-state index contributed by atoms with van der Waals surface area (Å²) < 4.78 is 1.12. The standard InChI is InChI=1S/C19H42N.CH4O.H2O/c1-5-6-7-8-9-10-11-12-13-14-15-16-17-18-19-20(2,3)4;1-2;/h5-19H2,1-4H3;2H,1H3;1H2/q+1;;/p-1. The summed E-state index contributed by atoms with van der Waals surface area (Å²) in [6.45, 7) is 3.63. The number of hydrogen-bond donors (Lipinski definition) is 1. The van der Waals surface area contributed by atoms with E-state index in [0.29, 0.717) is 0 Å². The van der Waals surface area contributed by atoms with Gasteiger partial charge in [0.2, 0.25) is 0 Å². The summed E-state index contributed by atoms with van der Waals surface area (Å²) in [5.74, 6) is 0. The van der Waals surface area contributed by atoms with Gasteiger partial charge in [0.15, 0.2) is 0 Å². The lowest BCUT2D eigenvalue weighted by Crippen LogP contribution is -2.35. The van der Waals surface area contributed by atoms with Crippen molar-refractivity contribution in [2.45, 2.75) is 96.8 Å². The van der Waals surface area contributed by atoms with Crippen molar-refractivity contribution in [2.75, 3.05) is 34.8 Å². The van der Waals surface area contributed by atoms with E-state index >= 15 is 0 Å². The van der Waals surface area contributed by atoms with Crippen molar-refractivity contribution in [1.82, 2.24) is 0 Å². The van der Waals surface area contributed by atoms with Crippen LogP contribution in [-0.4, -0.2) is 49.9 Å². The number of nitrogens with zero attached hydrogens (tertiary/aromatic N) is 1. The average molecular weight is 334 g/mol. The van der Waals surface area contributed by atoms with Gasteiger partial charge in [0.25, 0.3) is 0 Å². The lowest BCUT2D eigenvalue weighted by Gasteiger charge is -2.23. The van der Waals surface area contributed by atoms with E-state index in [1.807, 2.05) is 0 Å². The molecule has 0 saturated heterocycles. The first-order valence-electron chi connectivity index (χ1n) is 9.81. The van der Waals surface area contributed by atoms with Gasteiger partial charge < -0.3 is 15.1 Å². The Kier molecular flexibility index (Phi) is 26.4. The van der Waals surface area contributed by atoms with Crippen molar-refractivity contribution in [2.24, 2.45) is 0 Å². The summed E-state index contributed by atoms with van der Waals surface area (Å²) in [7, 11) is 7.88. The fourth-order valence-electron chi connectivity index (χ4n) is 2.78. The third kappa shape index (κ3) is 30.3. The molecule has 144 valence electrons. The van der Waals surface area contributed by atoms with Crippen LogP contribution in [0.5, 0.6) is 0 Å². The number of hydrogen-bond acceptors (Lipinski definition) is 2. The van der Waals surface area contributed by atoms with Crippen molar-refractivity contribution < 1.29 is 15.1 Å². The van der Waals surface area contributed by atoms with Gasteiger partial charge in [0, 0.05) is 7.11 Å². The maximum absolute atomic E-state index is 7.00. The third-order valence-electron chi connectivity index (χ3n) is 4.18. The summed E-state index contributed by atoms with van der Waals surface area (Å²) >= 11 is 0. The molecule has 3 heteroatoms. The predicted molar refractivity (Wildman–Crippen MR) is 103 cm³/mol. The van der Waals surface area contributed by atoms with Gasteiger partial charge in [-0.25, -0.2) is 0 Å². The highest BCUT2D eigenvalue weighted by atomic mass is 16.2. The molecule has 0 saturated carbocycles. The molecule has 0 radical (unpaired) electrons. The van der Waals surface area contributed by atoms with Gasteiger partial charge in [-0.05, 0) is 12.8 Å². The number of aliphatic hydroxyl groups is 1. The molecule has 3 nitrogen and oxygen atoms in total. The molecule has 0 aliphatic heterocycles. The Morgan fingerprint density at radius 2 is 0.783 bits per heavy atom. The highest BCUT2D eigenvalue weighted by Gasteiger charge is 2.04. The van der Waals surface area contributed by atoms with E-state index in [9.17, 15) is 0 Å². The van der Waals surface area contributed by atoms with E-state index in [1.54, 1.807) is 0 Å². The molecule has 0 aliphatic carbocycles. The second-order valence-electron chi connectivity index (χ2n) is 7.61. The molecule has 0 aromatic rings. The maximum Gasteiger partial charge on any atom is 0.0780 e. The summed E-state index contributed by atoms with van der Waals surface area (Å²) in [6, 6.07) is 0. The Hall–Kier alpha value is -0.120. The molecule has 0 heterocycles. The fraction of sp³-hybridized carbons (Fsp3) is 1.00. The van der Waals surface area contributed by atoms with Crippen LogP contribution < -0.4 is 0 Å². The van der Waals surface area contributed by atoms with E-state index < -0.39 is 0 Å². The number of aliphatic hydroxyl groups excluding tert-OH is 1. The minimum atomic E-state index is 0. The van der Waals surface area contributed by atoms with Gasteiger partial charge in [0.05, 0.1) is 27.7 Å². The zero-order valence-electron chi connectivity index (χ0n) is 16.9. The SMILES string of the molecule is CCCCCCCCCCCCCCCC[N+](C)(C)C.CO.[OH-]. The molecular weight excluding hydrogens is 286 g/mol. The lowest BCUT2D eigenvalue weighted by atomic mass is 10.0. The Morgan fingerprint density at radius 3 is 1.04 bits per heavy atom. The van der Waals surface area contributed by atoms with E-state index in [2.05, 4.69) is 28.1 Å². The minimum Gasteiger partial charge on any atom is -0.870 e. The molecule has 0 bridgehead atoms. The van der Waals surface area contributed by atoms with Crippen LogP contribution in [0, 0.1) is 0 Å². The van der Waals surface area contributed by atoms with E-state index in [1.165, 1.54) is 96.4 Å². The first-order chi connectivity index (χ1) is 10.6. The molecule has 0 unspecified atom stereocenters. The van der Waals surface area contributed by atoms with E-state index in [4.69, 9.17) is 5.11 Å². The van der Waals surface area contributed by atoms with Crippen LogP contribution in [-0.2, 0) is 0 Å². The van der Waals surface area contributed by atoms with Crippen LogP contribution in [0.15, 0.2) is 0 Å². The molecule has 0 atom stereocenters. The molecule has 0 aliphatic rings. The van der Waals surface area contributed by atoms with Crippen molar-refractivity contribution in [1.29, 1.82) is 0 Å². The first kappa shape index (κ1) is 27.7. The van der Waals surface area contributed by atoms with Gasteiger partial charge >= 0.3 is 0 Å². The Morgan fingerprint density at radius 1 is 0.522 bits per heavy atom. The number of unbranched alkanes of at least 4 members (excludes halogenated alkanes) is 13. The van der Waals surface area contributed by atoms with Gasteiger partial charge in [-0.15, -0.1) is 0 Å². The van der Waals surface area contributed by atoms with Crippen LogP contribution in [0.1, 0.15) is 96.8 Å². The predicted octanol–water partition coefficient (Wildman–Crippen LogP) is 5.61. The monoisotopic (exact) mass is 333 g/mol. The van der Waals surface area contributed by atoms with Crippen molar-refractivity contribution in [3.05, 3.63) is 0 Å². The van der Waals surface area contributed by atoms with E-state index in [-0.39, 0.29) is 5.48 Å². The van der Waals surface area contributed by atoms with Gasteiger partial charge in [-0.3, -0.25) is 0 Å². The lowest BCUT2D eigenvalue weighted by molar-refractivity contribution is -0.870. The molecule has 0 spiro atoms. The van der Waals surface area contributed by atoms with Gasteiger partial charge in [0.1, 0.15) is 0 Å². The molecule has 0 aromatic carbocycles. The average Bonchev–Trinajstić information content (AvgIpc) is 2.48. The zero-order valence-corrected chi connectivity index (χ0v) is 16.9. The molecule has 0 amide bonds. The van der Waals surface area contributed by atoms with Crippen LogP contribution >= 0.6 is 0 Å². The van der Waals surface area contributed by atoms with Crippen LogP contribution in [0.4, 0.5) is 0 Å². The summed E-state index contributed by atoms with van der Waals surface area (Å²) in [5, 5.41) is 7.00. The van der Waals surface area contributed by atoms with Crippen molar-refractivity contribution in [3.63, 3.8) is 0 Å². The number of rotatable bonds is 15. The highest BCUT2D eigenvalue weighted by Crippen LogP contribution is 2.13. The smallest absolute Gasteiger partial charge is 0.0780 e. The van der Waals surface area contributed by atoms with Crippen LogP contribution in [0.2, 0.25) is 0 Å². The van der Waals surface area contributed by atoms with E-state index in [0.717, 1.165) is 11.6 Å². The molecule has 0 aromatic heterocycles. The van der Waals surface area contributed by atoms with Crippen molar-refractivity contribution in [3.8, 4) is 0 Å². The van der Waals surface area contributed by atoms with Crippen LogP contribution in [0.25, 0.3) is 0 Å². The van der Waals surface area contributed by atoms with Gasteiger partial charge in [-0.1, -0.05) is 84.0 Å². The van der Waals surface area contributed by atoms with Crippen molar-refractivity contribution >= 4 is 0 Å². The highest BCUT2D eigenvalue weighted by molar-refractivity contribution is 4.49. The maximum atomic E-state index is 7.00. The molecule has 0 fully saturated rings. The Labute approximate surface area is 147 Å². The van der Waals surface area contributed by atoms with Crippen LogP contribution in [0.3, 0.4) is 0 Å². The molecular formula is C20H47NO2. The normalized spacial score (nSPS) is 10.7. The second kappa shape index (κ2) is 21.9. The molecule has 0 rings (SSSR count). The Balaban J connectivity index is -0.00000128. The molecule has 2 N–H and O–H groups in total. The second-order valence-corrected chi connectivity index (χ2v) is 7.61. The quantitative estimate of drug-likeness (QED) is 0.313. The summed E-state index contributed by atoms with van der Waals surface area (Å²) in [5.41, 5.74) is 0. The van der Waals surface area contributed by atoms with Gasteiger partial charge in [-0.2, -0.15) is 0 Å². The first-order valence-corrected chi connectivity index (χ1v) is 9.81. The minimum absolute atomic E-state index is 0. The summed E-state index contributed by atoms with van der Waals surface area (Å²) in [6.07, 6.45) is 20.4. The topological polar surface area (TPSA) is 50.2 Å².